The van der Waals surface area contributed by atoms with E-state index in [4.69, 9.17) is 4.74 Å². The van der Waals surface area contributed by atoms with Gasteiger partial charge in [-0.1, -0.05) is 11.6 Å². The van der Waals surface area contributed by atoms with Crippen LogP contribution in [0.25, 0.3) is 11.3 Å². The zero-order valence-corrected chi connectivity index (χ0v) is 12.2. The normalized spacial score (nSPS) is 11.4. The van der Waals surface area contributed by atoms with Crippen molar-refractivity contribution in [3.8, 4) is 17.0 Å². The Morgan fingerprint density at radius 2 is 1.95 bits per heavy atom. The largest absolute Gasteiger partial charge is 0.496 e. The minimum absolute atomic E-state index is 0.0108. The Bertz CT molecular complexity index is 567. The van der Waals surface area contributed by atoms with Gasteiger partial charge in [-0.2, -0.15) is 5.10 Å². The molecule has 0 bridgehead atoms. The predicted molar refractivity (Wildman–Crippen MR) is 78.7 cm³/mol. The molecule has 0 aliphatic carbocycles. The summed E-state index contributed by atoms with van der Waals surface area (Å²) in [7, 11) is 1.68. The van der Waals surface area contributed by atoms with E-state index in [-0.39, 0.29) is 5.54 Å². The van der Waals surface area contributed by atoms with E-state index in [1.807, 2.05) is 18.2 Å². The summed E-state index contributed by atoms with van der Waals surface area (Å²) in [6.07, 6.45) is 0. The molecule has 0 saturated carbocycles. The molecule has 4 heteroatoms. The molecule has 0 unspecified atom stereocenters. The molecule has 0 aliphatic rings. The van der Waals surface area contributed by atoms with Gasteiger partial charge in [0.05, 0.1) is 12.8 Å². The summed E-state index contributed by atoms with van der Waals surface area (Å²) in [6, 6.07) is 8.10. The quantitative estimate of drug-likeness (QED) is 0.885. The van der Waals surface area contributed by atoms with Gasteiger partial charge < -0.3 is 10.1 Å². The van der Waals surface area contributed by atoms with Gasteiger partial charge >= 0.3 is 0 Å². The summed E-state index contributed by atoms with van der Waals surface area (Å²) >= 11 is 0. The predicted octanol–water partition coefficient (Wildman–Crippen LogP) is 3.60. The van der Waals surface area contributed by atoms with Gasteiger partial charge in [-0.3, -0.25) is 5.10 Å². The molecular formula is C15H21N3O. The molecule has 4 nitrogen and oxygen atoms in total. The molecule has 0 aliphatic heterocycles. The van der Waals surface area contributed by atoms with Gasteiger partial charge in [-0.05, 0) is 39.8 Å². The summed E-state index contributed by atoms with van der Waals surface area (Å²) in [5.41, 5.74) is 3.16. The second kappa shape index (κ2) is 4.96. The fraction of sp³-hybridized carbons (Fsp3) is 0.400. The lowest BCUT2D eigenvalue weighted by Crippen LogP contribution is -2.26. The summed E-state index contributed by atoms with van der Waals surface area (Å²) in [4.78, 5) is 0. The van der Waals surface area contributed by atoms with Crippen LogP contribution in [-0.2, 0) is 0 Å². The third-order valence-electron chi connectivity index (χ3n) is 2.73. The molecule has 0 atom stereocenters. The van der Waals surface area contributed by atoms with E-state index >= 15 is 0 Å². The number of nitrogens with one attached hydrogen (secondary N) is 2. The highest BCUT2D eigenvalue weighted by Gasteiger charge is 2.14. The Labute approximate surface area is 114 Å². The second-order valence-corrected chi connectivity index (χ2v) is 5.75. The third-order valence-corrected chi connectivity index (χ3v) is 2.73. The van der Waals surface area contributed by atoms with Crippen LogP contribution in [-0.4, -0.2) is 22.8 Å². The molecule has 1 heterocycles. The fourth-order valence-corrected chi connectivity index (χ4v) is 1.94. The van der Waals surface area contributed by atoms with E-state index in [2.05, 4.69) is 49.3 Å². The fourth-order valence-electron chi connectivity index (χ4n) is 1.94. The standard InChI is InChI=1S/C15H21N3O/c1-10-6-7-13(19-5)11(8-10)12-9-14(18-17-12)16-15(2,3)4/h6-9H,1-5H3,(H2,16,17,18). The Kier molecular flexibility index (Phi) is 3.51. The molecule has 19 heavy (non-hydrogen) atoms. The average Bonchev–Trinajstić information content (AvgIpc) is 2.75. The summed E-state index contributed by atoms with van der Waals surface area (Å²) < 4.78 is 5.40. The zero-order chi connectivity index (χ0) is 14.0. The molecule has 0 amide bonds. The minimum Gasteiger partial charge on any atom is -0.496 e. The Morgan fingerprint density at radius 1 is 1.21 bits per heavy atom. The molecule has 2 aromatic rings. The van der Waals surface area contributed by atoms with Gasteiger partial charge in [-0.15, -0.1) is 0 Å². The summed E-state index contributed by atoms with van der Waals surface area (Å²) in [5.74, 6) is 1.68. The topological polar surface area (TPSA) is 49.9 Å². The number of benzene rings is 1. The van der Waals surface area contributed by atoms with Crippen molar-refractivity contribution < 1.29 is 4.74 Å². The van der Waals surface area contributed by atoms with Crippen LogP contribution in [0.15, 0.2) is 24.3 Å². The van der Waals surface area contributed by atoms with Gasteiger partial charge in [0.15, 0.2) is 0 Å². The number of aryl methyl sites for hydroxylation is 1. The first-order valence-corrected chi connectivity index (χ1v) is 6.37. The lowest BCUT2D eigenvalue weighted by atomic mass is 10.1. The van der Waals surface area contributed by atoms with Gasteiger partial charge in [0.2, 0.25) is 0 Å². The Hall–Kier alpha value is -1.97. The summed E-state index contributed by atoms with van der Waals surface area (Å²) in [6.45, 7) is 8.38. The van der Waals surface area contributed by atoms with Crippen LogP contribution in [0.1, 0.15) is 26.3 Å². The van der Waals surface area contributed by atoms with E-state index in [1.165, 1.54) is 5.56 Å². The first-order valence-electron chi connectivity index (χ1n) is 6.37. The summed E-state index contributed by atoms with van der Waals surface area (Å²) in [5, 5.41) is 10.7. The molecule has 2 rings (SSSR count). The maximum absolute atomic E-state index is 5.40. The molecule has 1 aromatic heterocycles. The van der Waals surface area contributed by atoms with Crippen molar-refractivity contribution in [3.05, 3.63) is 29.8 Å². The van der Waals surface area contributed by atoms with Crippen molar-refractivity contribution in [2.24, 2.45) is 0 Å². The number of rotatable bonds is 3. The Morgan fingerprint density at radius 3 is 2.58 bits per heavy atom. The lowest BCUT2D eigenvalue weighted by molar-refractivity contribution is 0.416. The van der Waals surface area contributed by atoms with Crippen molar-refractivity contribution in [3.63, 3.8) is 0 Å². The molecule has 0 spiro atoms. The van der Waals surface area contributed by atoms with Crippen LogP contribution in [0, 0.1) is 6.92 Å². The lowest BCUT2D eigenvalue weighted by Gasteiger charge is -2.19. The molecule has 1 aromatic carbocycles. The molecule has 2 N–H and O–H groups in total. The van der Waals surface area contributed by atoms with Gasteiger partial charge in [0.25, 0.3) is 0 Å². The van der Waals surface area contributed by atoms with E-state index in [0.717, 1.165) is 22.8 Å². The molecule has 102 valence electrons. The van der Waals surface area contributed by atoms with Gasteiger partial charge in [-0.25, -0.2) is 0 Å². The van der Waals surface area contributed by atoms with Crippen molar-refractivity contribution in [1.82, 2.24) is 10.2 Å². The highest BCUT2D eigenvalue weighted by Crippen LogP contribution is 2.31. The van der Waals surface area contributed by atoms with Gasteiger partial charge in [0, 0.05) is 17.2 Å². The number of anilines is 1. The van der Waals surface area contributed by atoms with E-state index in [9.17, 15) is 0 Å². The van der Waals surface area contributed by atoms with Crippen LogP contribution in [0.3, 0.4) is 0 Å². The Balaban J connectivity index is 2.35. The molecular weight excluding hydrogens is 238 g/mol. The van der Waals surface area contributed by atoms with Crippen LogP contribution in [0.4, 0.5) is 5.82 Å². The zero-order valence-electron chi connectivity index (χ0n) is 12.2. The number of H-pyrrole nitrogens is 1. The molecule has 0 fully saturated rings. The van der Waals surface area contributed by atoms with Crippen molar-refractivity contribution >= 4 is 5.82 Å². The average molecular weight is 259 g/mol. The van der Waals surface area contributed by atoms with Crippen molar-refractivity contribution in [2.75, 3.05) is 12.4 Å². The number of aromatic nitrogens is 2. The van der Waals surface area contributed by atoms with E-state index in [1.54, 1.807) is 7.11 Å². The van der Waals surface area contributed by atoms with Crippen molar-refractivity contribution in [1.29, 1.82) is 0 Å². The van der Waals surface area contributed by atoms with Crippen LogP contribution in [0.2, 0.25) is 0 Å². The highest BCUT2D eigenvalue weighted by atomic mass is 16.5. The van der Waals surface area contributed by atoms with Crippen LogP contribution < -0.4 is 10.1 Å². The highest BCUT2D eigenvalue weighted by molar-refractivity contribution is 5.70. The number of aromatic amines is 1. The van der Waals surface area contributed by atoms with E-state index < -0.39 is 0 Å². The van der Waals surface area contributed by atoms with Gasteiger partial charge in [0.1, 0.15) is 11.6 Å². The first kappa shape index (κ1) is 13.5. The van der Waals surface area contributed by atoms with E-state index in [0.29, 0.717) is 0 Å². The SMILES string of the molecule is COc1ccc(C)cc1-c1cc(NC(C)(C)C)n[nH]1. The monoisotopic (exact) mass is 259 g/mol. The third kappa shape index (κ3) is 3.28. The molecule has 0 saturated heterocycles. The van der Waals surface area contributed by atoms with Crippen molar-refractivity contribution in [2.45, 2.75) is 33.2 Å². The van der Waals surface area contributed by atoms with Crippen LogP contribution >= 0.6 is 0 Å². The number of nitrogens with zero attached hydrogens (tertiary/aromatic N) is 1. The number of hydrogen-bond donors (Lipinski definition) is 2. The number of ether oxygens (including phenoxy) is 1. The minimum atomic E-state index is -0.0108. The molecule has 0 radical (unpaired) electrons. The maximum atomic E-state index is 5.40. The first-order chi connectivity index (χ1) is 8.89. The maximum Gasteiger partial charge on any atom is 0.148 e. The smallest absolute Gasteiger partial charge is 0.148 e. The number of hydrogen-bond acceptors (Lipinski definition) is 3. The number of methoxy groups -OCH3 is 1. The second-order valence-electron chi connectivity index (χ2n) is 5.75. The van der Waals surface area contributed by atoms with Crippen LogP contribution in [0.5, 0.6) is 5.75 Å².